The molecule has 5 heteroatoms. The third-order valence-corrected chi connectivity index (χ3v) is 4.52. The molecule has 0 bridgehead atoms. The van der Waals surface area contributed by atoms with Gasteiger partial charge in [-0.2, -0.15) is 0 Å². The van der Waals surface area contributed by atoms with Gasteiger partial charge in [0, 0.05) is 23.3 Å². The first-order valence-electron chi connectivity index (χ1n) is 8.20. The smallest absolute Gasteiger partial charge is 0.271 e. The summed E-state index contributed by atoms with van der Waals surface area (Å²) in [5.74, 6) is -0.271. The topological polar surface area (TPSA) is 63.1 Å². The van der Waals surface area contributed by atoms with Crippen molar-refractivity contribution < 1.29 is 9.59 Å². The zero-order valence-electron chi connectivity index (χ0n) is 14.0. The molecule has 1 heterocycles. The van der Waals surface area contributed by atoms with Crippen LogP contribution in [-0.4, -0.2) is 16.4 Å². The first-order chi connectivity index (χ1) is 10.4. The minimum absolute atomic E-state index is 0.0390. The summed E-state index contributed by atoms with van der Waals surface area (Å²) in [5, 5.41) is 0. The fourth-order valence-corrected chi connectivity index (χ4v) is 3.45. The Balaban J connectivity index is 1.98. The third-order valence-electron chi connectivity index (χ3n) is 4.52. The summed E-state index contributed by atoms with van der Waals surface area (Å²) >= 11 is 0. The summed E-state index contributed by atoms with van der Waals surface area (Å²) in [6.07, 6.45) is 5.24. The average molecular weight is 305 g/mol. The minimum Gasteiger partial charge on any atom is -0.346 e. The van der Waals surface area contributed by atoms with E-state index in [-0.39, 0.29) is 17.7 Å². The van der Waals surface area contributed by atoms with E-state index in [0.29, 0.717) is 11.6 Å². The number of amides is 2. The van der Waals surface area contributed by atoms with Gasteiger partial charge in [-0.05, 0) is 46.6 Å². The van der Waals surface area contributed by atoms with Gasteiger partial charge in [0.05, 0.1) is 5.56 Å². The number of nitrogens with zero attached hydrogens (tertiary/aromatic N) is 1. The van der Waals surface area contributed by atoms with E-state index in [0.717, 1.165) is 37.1 Å². The number of hydrogen-bond donors (Lipinski definition) is 2. The molecule has 2 amide bonds. The Morgan fingerprint density at radius 1 is 1.14 bits per heavy atom. The fraction of sp³-hybridized carbons (Fsp3) is 0.647. The quantitative estimate of drug-likeness (QED) is 0.843. The van der Waals surface area contributed by atoms with Crippen LogP contribution in [-0.2, 0) is 4.79 Å². The lowest BCUT2D eigenvalue weighted by Crippen LogP contribution is -2.45. The summed E-state index contributed by atoms with van der Waals surface area (Å²) < 4.78 is 2.12. The Hall–Kier alpha value is -1.78. The number of aromatic nitrogens is 1. The van der Waals surface area contributed by atoms with E-state index < -0.39 is 0 Å². The third kappa shape index (κ3) is 3.51. The number of nitrogens with one attached hydrogen (secondary N) is 2. The molecule has 0 saturated heterocycles. The van der Waals surface area contributed by atoms with Crippen molar-refractivity contribution in [3.63, 3.8) is 0 Å². The highest BCUT2D eigenvalue weighted by atomic mass is 16.2. The number of carbonyl (C=O) groups excluding carboxylic acids is 2. The maximum Gasteiger partial charge on any atom is 0.271 e. The molecule has 122 valence electrons. The Morgan fingerprint density at radius 3 is 2.32 bits per heavy atom. The van der Waals surface area contributed by atoms with Gasteiger partial charge in [0.15, 0.2) is 0 Å². The fourth-order valence-electron chi connectivity index (χ4n) is 3.45. The predicted octanol–water partition coefficient (Wildman–Crippen LogP) is 3.03. The van der Waals surface area contributed by atoms with Crippen molar-refractivity contribution in [3.8, 4) is 0 Å². The van der Waals surface area contributed by atoms with Gasteiger partial charge >= 0.3 is 0 Å². The van der Waals surface area contributed by atoms with Crippen molar-refractivity contribution in [2.45, 2.75) is 65.8 Å². The Morgan fingerprint density at radius 2 is 1.77 bits per heavy atom. The zero-order chi connectivity index (χ0) is 16.3. The molecule has 1 aliphatic rings. The van der Waals surface area contributed by atoms with Gasteiger partial charge in [0.25, 0.3) is 5.91 Å². The van der Waals surface area contributed by atoms with E-state index in [1.165, 1.54) is 6.42 Å². The molecule has 0 radical (unpaired) electrons. The van der Waals surface area contributed by atoms with Gasteiger partial charge in [-0.1, -0.05) is 19.3 Å². The first kappa shape index (κ1) is 16.6. The summed E-state index contributed by atoms with van der Waals surface area (Å²) in [4.78, 5) is 24.4. The number of aryl methyl sites for hydroxylation is 1. The Kier molecular flexibility index (Phi) is 5.27. The molecule has 0 spiro atoms. The van der Waals surface area contributed by atoms with E-state index >= 15 is 0 Å². The lowest BCUT2D eigenvalue weighted by atomic mass is 9.89. The van der Waals surface area contributed by atoms with Crippen molar-refractivity contribution >= 4 is 11.8 Å². The lowest BCUT2D eigenvalue weighted by molar-refractivity contribution is -0.126. The van der Waals surface area contributed by atoms with Crippen LogP contribution in [0.3, 0.4) is 0 Å². The minimum atomic E-state index is -0.246. The highest BCUT2D eigenvalue weighted by molar-refractivity contribution is 5.96. The second-order valence-corrected chi connectivity index (χ2v) is 6.53. The van der Waals surface area contributed by atoms with Crippen LogP contribution >= 0.6 is 0 Å². The summed E-state index contributed by atoms with van der Waals surface area (Å²) in [7, 11) is 0. The van der Waals surface area contributed by atoms with Crippen LogP contribution in [0.2, 0.25) is 0 Å². The Bertz CT molecular complexity index is 554. The van der Waals surface area contributed by atoms with Crippen LogP contribution < -0.4 is 10.9 Å². The highest BCUT2D eigenvalue weighted by Crippen LogP contribution is 2.23. The van der Waals surface area contributed by atoms with Crippen molar-refractivity contribution in [1.29, 1.82) is 0 Å². The van der Waals surface area contributed by atoms with Crippen LogP contribution in [0, 0.1) is 19.8 Å². The molecule has 2 rings (SSSR count). The van der Waals surface area contributed by atoms with Crippen LogP contribution in [0.15, 0.2) is 6.07 Å². The van der Waals surface area contributed by atoms with E-state index in [9.17, 15) is 9.59 Å². The molecule has 0 aliphatic heterocycles. The molecule has 1 aromatic heterocycles. The van der Waals surface area contributed by atoms with E-state index in [1.54, 1.807) is 0 Å². The Labute approximate surface area is 132 Å². The number of rotatable bonds is 3. The van der Waals surface area contributed by atoms with Gasteiger partial charge < -0.3 is 4.57 Å². The highest BCUT2D eigenvalue weighted by Gasteiger charge is 2.22. The lowest BCUT2D eigenvalue weighted by Gasteiger charge is -2.20. The zero-order valence-corrected chi connectivity index (χ0v) is 14.0. The van der Waals surface area contributed by atoms with Crippen molar-refractivity contribution in [1.82, 2.24) is 15.4 Å². The molecule has 5 nitrogen and oxygen atoms in total. The molecule has 1 saturated carbocycles. The summed E-state index contributed by atoms with van der Waals surface area (Å²) in [6.45, 7) is 8.11. The van der Waals surface area contributed by atoms with Gasteiger partial charge in [-0.25, -0.2) is 0 Å². The second kappa shape index (κ2) is 6.99. The van der Waals surface area contributed by atoms with Crippen molar-refractivity contribution in [3.05, 3.63) is 23.0 Å². The molecule has 0 atom stereocenters. The molecule has 1 aliphatic carbocycles. The van der Waals surface area contributed by atoms with Gasteiger partial charge in [-0.3, -0.25) is 20.4 Å². The van der Waals surface area contributed by atoms with E-state index in [4.69, 9.17) is 0 Å². The normalized spacial score (nSPS) is 15.9. The number of carbonyl (C=O) groups is 2. The molecule has 1 aromatic rings. The van der Waals surface area contributed by atoms with Gasteiger partial charge in [0.2, 0.25) is 5.91 Å². The maximum atomic E-state index is 12.3. The van der Waals surface area contributed by atoms with Crippen molar-refractivity contribution in [2.24, 2.45) is 5.92 Å². The van der Waals surface area contributed by atoms with Crippen molar-refractivity contribution in [2.75, 3.05) is 0 Å². The van der Waals surface area contributed by atoms with E-state index in [1.807, 2.05) is 19.9 Å². The second-order valence-electron chi connectivity index (χ2n) is 6.53. The van der Waals surface area contributed by atoms with Crippen LogP contribution in [0.1, 0.15) is 73.7 Å². The number of hydrazine groups is 1. The molecular formula is C17H27N3O2. The monoisotopic (exact) mass is 305 g/mol. The SMILES string of the molecule is Cc1cc(C(=O)NNC(=O)C2CCCCC2)c(C)n1C(C)C. The van der Waals surface area contributed by atoms with Gasteiger partial charge in [0.1, 0.15) is 0 Å². The molecule has 2 N–H and O–H groups in total. The largest absolute Gasteiger partial charge is 0.346 e. The average Bonchev–Trinajstić information content (AvgIpc) is 2.80. The molecule has 1 fully saturated rings. The standard InChI is InChI=1S/C17H27N3O2/c1-11(2)20-12(3)10-15(13(20)4)17(22)19-18-16(21)14-8-6-5-7-9-14/h10-11,14H,5-9H2,1-4H3,(H,18,21)(H,19,22). The molecular weight excluding hydrogens is 278 g/mol. The van der Waals surface area contributed by atoms with Crippen LogP contribution in [0.25, 0.3) is 0 Å². The van der Waals surface area contributed by atoms with E-state index in [2.05, 4.69) is 29.3 Å². The van der Waals surface area contributed by atoms with Gasteiger partial charge in [-0.15, -0.1) is 0 Å². The molecule has 0 unspecified atom stereocenters. The summed E-state index contributed by atoms with van der Waals surface area (Å²) in [5.41, 5.74) is 7.75. The first-order valence-corrected chi connectivity index (χ1v) is 8.20. The van der Waals surface area contributed by atoms with Crippen LogP contribution in [0.5, 0.6) is 0 Å². The molecule has 22 heavy (non-hydrogen) atoms. The number of hydrogen-bond acceptors (Lipinski definition) is 2. The maximum absolute atomic E-state index is 12.3. The predicted molar refractivity (Wildman–Crippen MR) is 86.5 cm³/mol. The van der Waals surface area contributed by atoms with Crippen LogP contribution in [0.4, 0.5) is 0 Å². The summed E-state index contributed by atoms with van der Waals surface area (Å²) in [6, 6.07) is 2.18. The molecule has 0 aromatic carbocycles.